The van der Waals surface area contributed by atoms with Crippen molar-refractivity contribution in [2.24, 2.45) is 0 Å². The number of hydrogen-bond acceptors (Lipinski definition) is 3. The van der Waals surface area contributed by atoms with Gasteiger partial charge in [0.2, 0.25) is 0 Å². The molecule has 0 radical (unpaired) electrons. The van der Waals surface area contributed by atoms with Gasteiger partial charge in [0.05, 0.1) is 13.7 Å². The lowest BCUT2D eigenvalue weighted by Crippen LogP contribution is -2.25. The van der Waals surface area contributed by atoms with Gasteiger partial charge < -0.3 is 14.8 Å². The molecule has 2 aromatic rings. The minimum absolute atomic E-state index is 0.0635. The molecule has 0 spiro atoms. The number of hydrogen-bond donors (Lipinski definition) is 1. The molecule has 1 amide bonds. The zero-order valence-corrected chi connectivity index (χ0v) is 13.0. The van der Waals surface area contributed by atoms with E-state index < -0.39 is 0 Å². The van der Waals surface area contributed by atoms with Crippen molar-refractivity contribution in [1.29, 1.82) is 0 Å². The zero-order valence-electron chi connectivity index (χ0n) is 13.0. The average molecular weight is 299 g/mol. The fraction of sp³-hybridized carbons (Fsp3) is 0.278. The average Bonchev–Trinajstić information content (AvgIpc) is 2.56. The lowest BCUT2D eigenvalue weighted by molar-refractivity contribution is 0.0954. The fourth-order valence-corrected chi connectivity index (χ4v) is 2.18. The van der Waals surface area contributed by atoms with Gasteiger partial charge in [-0.05, 0) is 41.8 Å². The molecular weight excluding hydrogens is 278 g/mol. The van der Waals surface area contributed by atoms with Gasteiger partial charge in [0.15, 0.2) is 0 Å². The van der Waals surface area contributed by atoms with E-state index in [1.807, 2.05) is 48.5 Å². The van der Waals surface area contributed by atoms with Crippen LogP contribution >= 0.6 is 0 Å². The number of amides is 1. The van der Waals surface area contributed by atoms with Crippen LogP contribution in [-0.4, -0.2) is 26.7 Å². The second kappa shape index (κ2) is 8.20. The summed E-state index contributed by atoms with van der Waals surface area (Å²) in [5, 5.41) is 2.93. The molecule has 1 N–H and O–H groups in total. The highest BCUT2D eigenvalue weighted by Gasteiger charge is 2.05. The molecule has 0 aliphatic rings. The Morgan fingerprint density at radius 3 is 2.50 bits per heavy atom. The number of ether oxygens (including phenoxy) is 2. The Bertz CT molecular complexity index is 608. The Morgan fingerprint density at radius 2 is 1.82 bits per heavy atom. The SMILES string of the molecule is COCc1cccc(C(=O)NCCc2ccc(OC)cc2)c1. The van der Waals surface area contributed by atoms with Gasteiger partial charge in [-0.3, -0.25) is 4.79 Å². The maximum absolute atomic E-state index is 12.1. The third-order valence-corrected chi connectivity index (χ3v) is 3.36. The van der Waals surface area contributed by atoms with Gasteiger partial charge in [-0.2, -0.15) is 0 Å². The second-order valence-electron chi connectivity index (χ2n) is 4.99. The van der Waals surface area contributed by atoms with Crippen molar-refractivity contribution in [3.05, 3.63) is 65.2 Å². The van der Waals surface area contributed by atoms with E-state index in [0.29, 0.717) is 18.7 Å². The van der Waals surface area contributed by atoms with E-state index in [9.17, 15) is 4.79 Å². The van der Waals surface area contributed by atoms with Crippen LogP contribution in [0.5, 0.6) is 5.75 Å². The normalized spacial score (nSPS) is 10.3. The quantitative estimate of drug-likeness (QED) is 0.855. The first-order valence-corrected chi connectivity index (χ1v) is 7.22. The number of carbonyl (C=O) groups excluding carboxylic acids is 1. The first kappa shape index (κ1) is 16.0. The molecule has 116 valence electrons. The number of methoxy groups -OCH3 is 2. The van der Waals surface area contributed by atoms with E-state index in [-0.39, 0.29) is 5.91 Å². The molecule has 0 heterocycles. The van der Waals surface area contributed by atoms with Crippen LogP contribution in [0.4, 0.5) is 0 Å². The van der Waals surface area contributed by atoms with Crippen LogP contribution in [0, 0.1) is 0 Å². The maximum Gasteiger partial charge on any atom is 0.251 e. The van der Waals surface area contributed by atoms with Crippen LogP contribution < -0.4 is 10.1 Å². The molecule has 4 heteroatoms. The lowest BCUT2D eigenvalue weighted by atomic mass is 10.1. The molecule has 0 aliphatic heterocycles. The topological polar surface area (TPSA) is 47.6 Å². The van der Waals surface area contributed by atoms with Crippen LogP contribution in [0.3, 0.4) is 0 Å². The Labute approximate surface area is 131 Å². The summed E-state index contributed by atoms with van der Waals surface area (Å²) in [5.74, 6) is 0.772. The summed E-state index contributed by atoms with van der Waals surface area (Å²) in [6, 6.07) is 15.3. The Balaban J connectivity index is 1.85. The summed E-state index contributed by atoms with van der Waals surface area (Å²) in [5.41, 5.74) is 2.81. The Kier molecular flexibility index (Phi) is 5.98. The van der Waals surface area contributed by atoms with Gasteiger partial charge in [0.1, 0.15) is 5.75 Å². The molecular formula is C18H21NO3. The van der Waals surface area contributed by atoms with Crippen molar-refractivity contribution < 1.29 is 14.3 Å². The Morgan fingerprint density at radius 1 is 1.05 bits per heavy atom. The predicted molar refractivity (Wildman–Crippen MR) is 86.2 cm³/mol. The summed E-state index contributed by atoms with van der Waals surface area (Å²) in [7, 11) is 3.29. The van der Waals surface area contributed by atoms with Gasteiger partial charge in [-0.1, -0.05) is 24.3 Å². The molecule has 0 aromatic heterocycles. The van der Waals surface area contributed by atoms with Crippen molar-refractivity contribution in [2.75, 3.05) is 20.8 Å². The zero-order chi connectivity index (χ0) is 15.8. The van der Waals surface area contributed by atoms with Crippen LogP contribution in [-0.2, 0) is 17.8 Å². The molecule has 2 aromatic carbocycles. The maximum atomic E-state index is 12.1. The van der Waals surface area contributed by atoms with Crippen LogP contribution in [0.2, 0.25) is 0 Å². The smallest absolute Gasteiger partial charge is 0.251 e. The van der Waals surface area contributed by atoms with Crippen molar-refractivity contribution in [3.63, 3.8) is 0 Å². The highest BCUT2D eigenvalue weighted by molar-refractivity contribution is 5.94. The molecule has 0 fully saturated rings. The summed E-state index contributed by atoms with van der Waals surface area (Å²) in [4.78, 5) is 12.1. The molecule has 22 heavy (non-hydrogen) atoms. The van der Waals surface area contributed by atoms with Crippen LogP contribution in [0.1, 0.15) is 21.5 Å². The highest BCUT2D eigenvalue weighted by atomic mass is 16.5. The molecule has 0 bridgehead atoms. The standard InChI is InChI=1S/C18H21NO3/c1-21-13-15-4-3-5-16(12-15)18(20)19-11-10-14-6-8-17(22-2)9-7-14/h3-9,12H,10-11,13H2,1-2H3,(H,19,20). The van der Waals surface area contributed by atoms with Crippen molar-refractivity contribution in [1.82, 2.24) is 5.32 Å². The number of nitrogens with one attached hydrogen (secondary N) is 1. The minimum Gasteiger partial charge on any atom is -0.497 e. The van der Waals surface area contributed by atoms with Crippen molar-refractivity contribution in [2.45, 2.75) is 13.0 Å². The Hall–Kier alpha value is -2.33. The van der Waals surface area contributed by atoms with Gasteiger partial charge >= 0.3 is 0 Å². The van der Waals surface area contributed by atoms with Gasteiger partial charge in [-0.25, -0.2) is 0 Å². The molecule has 4 nitrogen and oxygen atoms in total. The lowest BCUT2D eigenvalue weighted by Gasteiger charge is -2.07. The third-order valence-electron chi connectivity index (χ3n) is 3.36. The van der Waals surface area contributed by atoms with E-state index in [0.717, 1.165) is 23.3 Å². The highest BCUT2D eigenvalue weighted by Crippen LogP contribution is 2.11. The van der Waals surface area contributed by atoms with Gasteiger partial charge in [-0.15, -0.1) is 0 Å². The van der Waals surface area contributed by atoms with E-state index in [1.165, 1.54) is 0 Å². The number of rotatable bonds is 7. The molecule has 0 aliphatic carbocycles. The third kappa shape index (κ3) is 4.60. The predicted octanol–water partition coefficient (Wildman–Crippen LogP) is 2.81. The molecule has 2 rings (SSSR count). The van der Waals surface area contributed by atoms with E-state index in [4.69, 9.17) is 9.47 Å². The van der Waals surface area contributed by atoms with Crippen molar-refractivity contribution in [3.8, 4) is 5.75 Å². The van der Waals surface area contributed by atoms with E-state index in [1.54, 1.807) is 14.2 Å². The van der Waals surface area contributed by atoms with Crippen molar-refractivity contribution >= 4 is 5.91 Å². The fourth-order valence-electron chi connectivity index (χ4n) is 2.18. The summed E-state index contributed by atoms with van der Waals surface area (Å²) in [6.45, 7) is 1.10. The minimum atomic E-state index is -0.0635. The van der Waals surface area contributed by atoms with E-state index in [2.05, 4.69) is 5.32 Å². The van der Waals surface area contributed by atoms with Gasteiger partial charge in [0, 0.05) is 19.2 Å². The summed E-state index contributed by atoms with van der Waals surface area (Å²) < 4.78 is 10.2. The molecule has 0 atom stereocenters. The summed E-state index contributed by atoms with van der Waals surface area (Å²) in [6.07, 6.45) is 0.785. The summed E-state index contributed by atoms with van der Waals surface area (Å²) >= 11 is 0. The first-order chi connectivity index (χ1) is 10.7. The number of benzene rings is 2. The first-order valence-electron chi connectivity index (χ1n) is 7.22. The molecule has 0 saturated heterocycles. The number of carbonyl (C=O) groups is 1. The largest absolute Gasteiger partial charge is 0.497 e. The van der Waals surface area contributed by atoms with Crippen LogP contribution in [0.15, 0.2) is 48.5 Å². The molecule has 0 unspecified atom stereocenters. The van der Waals surface area contributed by atoms with E-state index >= 15 is 0 Å². The molecule has 0 saturated carbocycles. The second-order valence-corrected chi connectivity index (χ2v) is 4.99. The van der Waals surface area contributed by atoms with Gasteiger partial charge in [0.25, 0.3) is 5.91 Å². The van der Waals surface area contributed by atoms with Crippen LogP contribution in [0.25, 0.3) is 0 Å². The monoisotopic (exact) mass is 299 g/mol.